The zero-order valence-corrected chi connectivity index (χ0v) is 6.12. The number of rotatable bonds is 0. The topological polar surface area (TPSA) is 24.7 Å². The van der Waals surface area contributed by atoms with E-state index >= 15 is 0 Å². The fourth-order valence-electron chi connectivity index (χ4n) is 0.0816. The Morgan fingerprint density at radius 1 is 1.00 bits per heavy atom. The van der Waals surface area contributed by atoms with Crippen molar-refractivity contribution in [2.75, 3.05) is 26.6 Å². The highest BCUT2D eigenvalue weighted by Gasteiger charge is 1.77. The van der Waals surface area contributed by atoms with Gasteiger partial charge < -0.3 is 0 Å². The van der Waals surface area contributed by atoms with Crippen molar-refractivity contribution in [3.05, 3.63) is 0 Å². The van der Waals surface area contributed by atoms with E-state index in [4.69, 9.17) is 0 Å². The average Bonchev–Trinajstić information content (AvgIpc) is 1.68. The van der Waals surface area contributed by atoms with Gasteiger partial charge in [-0.05, 0) is 0 Å². The van der Waals surface area contributed by atoms with Crippen LogP contribution in [0, 0.1) is 0 Å². The molecule has 0 saturated heterocycles. The Labute approximate surface area is 45.8 Å². The van der Waals surface area contributed by atoms with Gasteiger partial charge in [0, 0.05) is 26.6 Å². The Morgan fingerprint density at radius 2 is 1.29 bits per heavy atom. The summed E-state index contributed by atoms with van der Waals surface area (Å²) < 4.78 is 8.11. The fraction of sp³-hybridized carbons (Fsp3) is 1.00. The molecule has 0 N–H and O–H groups in total. The lowest BCUT2D eigenvalue weighted by molar-refractivity contribution is 1.44. The summed E-state index contributed by atoms with van der Waals surface area (Å²) in [7, 11) is 2.71. The van der Waals surface area contributed by atoms with Crippen LogP contribution in [-0.4, -0.2) is 26.6 Å². The molecule has 0 aromatic heterocycles. The Kier molecular flexibility index (Phi) is 2.29. The lowest BCUT2D eigenvalue weighted by Gasteiger charge is -1.94. The highest BCUT2D eigenvalue weighted by molar-refractivity contribution is 7.94. The van der Waals surface area contributed by atoms with Crippen molar-refractivity contribution in [1.29, 1.82) is 0 Å². The minimum atomic E-state index is -0.907. The molecule has 0 heterocycles. The number of hydrogen-bond acceptors (Lipinski definition) is 2. The van der Waals surface area contributed by atoms with Crippen LogP contribution in [0.2, 0.25) is 0 Å². The quantitative estimate of drug-likeness (QED) is 0.456. The van der Waals surface area contributed by atoms with Gasteiger partial charge in [0.2, 0.25) is 0 Å². The third kappa shape index (κ3) is 2.62. The average molecular weight is 120 g/mol. The van der Waals surface area contributed by atoms with Crippen molar-refractivity contribution < 1.29 is 0 Å². The van der Waals surface area contributed by atoms with E-state index in [1.165, 1.54) is 0 Å². The van der Waals surface area contributed by atoms with Gasteiger partial charge in [-0.3, -0.25) is 8.73 Å². The SMILES string of the molecule is CN=S(C)(C)=NC. The van der Waals surface area contributed by atoms with E-state index in [1.807, 2.05) is 26.6 Å². The molecule has 0 spiro atoms. The van der Waals surface area contributed by atoms with Crippen LogP contribution in [0.4, 0.5) is 0 Å². The number of hydrogen-bond donors (Lipinski definition) is 0. The lowest BCUT2D eigenvalue weighted by Crippen LogP contribution is -1.88. The molecule has 0 rings (SSSR count). The molecule has 7 heavy (non-hydrogen) atoms. The van der Waals surface area contributed by atoms with Gasteiger partial charge in [-0.15, -0.1) is 0 Å². The molecule has 0 amide bonds. The maximum absolute atomic E-state index is 4.06. The third-order valence-electron chi connectivity index (χ3n) is 0.894. The van der Waals surface area contributed by atoms with Crippen LogP contribution in [0.3, 0.4) is 0 Å². The molecule has 44 valence electrons. The Bertz CT molecular complexity index is 129. The van der Waals surface area contributed by atoms with Gasteiger partial charge in [0.1, 0.15) is 0 Å². The molecule has 0 aliphatic heterocycles. The van der Waals surface area contributed by atoms with Gasteiger partial charge in [-0.1, -0.05) is 9.62 Å². The zero-order valence-electron chi connectivity index (χ0n) is 5.30. The van der Waals surface area contributed by atoms with Crippen LogP contribution in [-0.2, 0) is 9.62 Å². The molecule has 0 atom stereocenters. The summed E-state index contributed by atoms with van der Waals surface area (Å²) in [4.78, 5) is 0. The summed E-state index contributed by atoms with van der Waals surface area (Å²) in [6.07, 6.45) is 4.10. The van der Waals surface area contributed by atoms with Gasteiger partial charge in [-0.25, -0.2) is 0 Å². The van der Waals surface area contributed by atoms with E-state index in [-0.39, 0.29) is 0 Å². The van der Waals surface area contributed by atoms with Crippen molar-refractivity contribution in [1.82, 2.24) is 0 Å². The van der Waals surface area contributed by atoms with E-state index in [2.05, 4.69) is 8.73 Å². The second-order valence-electron chi connectivity index (χ2n) is 1.59. The van der Waals surface area contributed by atoms with Crippen LogP contribution in [0.1, 0.15) is 0 Å². The van der Waals surface area contributed by atoms with Crippen molar-refractivity contribution in [3.8, 4) is 0 Å². The molecule has 2 nitrogen and oxygen atoms in total. The summed E-state index contributed by atoms with van der Waals surface area (Å²) >= 11 is 0. The van der Waals surface area contributed by atoms with E-state index in [0.717, 1.165) is 0 Å². The van der Waals surface area contributed by atoms with E-state index in [1.54, 1.807) is 0 Å². The summed E-state index contributed by atoms with van der Waals surface area (Å²) in [6.45, 7) is 0. The molecular formula is C4H12N2S. The predicted octanol–water partition coefficient (Wildman–Crippen LogP) is 1.03. The molecule has 0 aromatic carbocycles. The van der Waals surface area contributed by atoms with Crippen LogP contribution in [0.15, 0.2) is 8.73 Å². The van der Waals surface area contributed by atoms with Crippen LogP contribution >= 0.6 is 0 Å². The molecule has 0 unspecified atom stereocenters. The standard InChI is InChI=1S/C4H12N2S/c1-5-7(3,4)6-2/h1-4H3. The zero-order chi connectivity index (χ0) is 5.91. The second kappa shape index (κ2) is 2.31. The largest absolute Gasteiger partial charge is 0.259 e. The maximum Gasteiger partial charge on any atom is 0.0356 e. The minimum Gasteiger partial charge on any atom is -0.259 e. The molecule has 3 heteroatoms. The van der Waals surface area contributed by atoms with Crippen molar-refractivity contribution in [2.24, 2.45) is 8.73 Å². The Hall–Kier alpha value is -0.0500. The summed E-state index contributed by atoms with van der Waals surface area (Å²) in [5.74, 6) is 0. The second-order valence-corrected chi connectivity index (χ2v) is 4.76. The Balaban J connectivity index is 4.51. The molecule has 0 aliphatic carbocycles. The first-order chi connectivity index (χ1) is 3.12. The number of nitrogens with zero attached hydrogens (tertiary/aromatic N) is 2. The fourth-order valence-corrected chi connectivity index (χ4v) is 0.245. The summed E-state index contributed by atoms with van der Waals surface area (Å²) in [5.41, 5.74) is 0. The van der Waals surface area contributed by atoms with Crippen LogP contribution in [0.25, 0.3) is 0 Å². The first-order valence-electron chi connectivity index (χ1n) is 2.08. The van der Waals surface area contributed by atoms with E-state index < -0.39 is 9.62 Å². The van der Waals surface area contributed by atoms with Crippen LogP contribution in [0.5, 0.6) is 0 Å². The summed E-state index contributed by atoms with van der Waals surface area (Å²) in [5, 5.41) is 0. The first kappa shape index (κ1) is 6.95. The van der Waals surface area contributed by atoms with E-state index in [0.29, 0.717) is 0 Å². The van der Waals surface area contributed by atoms with Crippen molar-refractivity contribution >= 4 is 9.62 Å². The van der Waals surface area contributed by atoms with Gasteiger partial charge in [0.15, 0.2) is 0 Å². The van der Waals surface area contributed by atoms with Gasteiger partial charge in [-0.2, -0.15) is 0 Å². The highest BCUT2D eigenvalue weighted by Crippen LogP contribution is 1.84. The molecule has 0 fully saturated rings. The highest BCUT2D eigenvalue weighted by atomic mass is 32.2. The Morgan fingerprint density at radius 3 is 1.29 bits per heavy atom. The van der Waals surface area contributed by atoms with Crippen LogP contribution < -0.4 is 0 Å². The van der Waals surface area contributed by atoms with Crippen molar-refractivity contribution in [2.45, 2.75) is 0 Å². The predicted molar refractivity (Wildman–Crippen MR) is 35.9 cm³/mol. The molecule has 0 bridgehead atoms. The monoisotopic (exact) mass is 120 g/mol. The summed E-state index contributed by atoms with van der Waals surface area (Å²) in [6, 6.07) is 0. The maximum atomic E-state index is 4.06. The minimum absolute atomic E-state index is 0.907. The molecule has 0 aliphatic rings. The smallest absolute Gasteiger partial charge is 0.0356 e. The van der Waals surface area contributed by atoms with E-state index in [9.17, 15) is 0 Å². The molecule has 0 radical (unpaired) electrons. The molecule has 0 saturated carbocycles. The van der Waals surface area contributed by atoms with Gasteiger partial charge in [0.05, 0.1) is 0 Å². The lowest BCUT2D eigenvalue weighted by atomic mass is 11.6. The van der Waals surface area contributed by atoms with Gasteiger partial charge >= 0.3 is 0 Å². The first-order valence-corrected chi connectivity index (χ1v) is 4.44. The van der Waals surface area contributed by atoms with Gasteiger partial charge in [0.25, 0.3) is 0 Å². The third-order valence-corrected chi connectivity index (χ3v) is 2.68. The molecule has 0 aromatic rings. The van der Waals surface area contributed by atoms with Crippen molar-refractivity contribution in [3.63, 3.8) is 0 Å². The molecular weight excluding hydrogens is 108 g/mol. The normalized spacial score (nSPS) is 10.9.